The zero-order valence-electron chi connectivity index (χ0n) is 8.45. The highest BCUT2D eigenvalue weighted by molar-refractivity contribution is 5.92. The van der Waals surface area contributed by atoms with Gasteiger partial charge in [-0.25, -0.2) is 0 Å². The molecular formula is C11H12N2O2. The summed E-state index contributed by atoms with van der Waals surface area (Å²) in [7, 11) is 0. The van der Waals surface area contributed by atoms with Gasteiger partial charge in [-0.2, -0.15) is 5.26 Å². The van der Waals surface area contributed by atoms with Crippen molar-refractivity contribution in [3.63, 3.8) is 0 Å². The van der Waals surface area contributed by atoms with Gasteiger partial charge in [0.2, 0.25) is 5.91 Å². The predicted octanol–water partition coefficient (Wildman–Crippen LogP) is 1.34. The number of nitrogens with one attached hydrogen (secondary N) is 1. The van der Waals surface area contributed by atoms with E-state index >= 15 is 0 Å². The third-order valence-electron chi connectivity index (χ3n) is 2.13. The van der Waals surface area contributed by atoms with Crippen LogP contribution in [0.5, 0.6) is 0 Å². The van der Waals surface area contributed by atoms with Crippen LogP contribution in [-0.4, -0.2) is 11.0 Å². The van der Waals surface area contributed by atoms with Gasteiger partial charge in [-0.15, -0.1) is 0 Å². The molecule has 1 amide bonds. The van der Waals surface area contributed by atoms with Crippen molar-refractivity contribution in [1.82, 2.24) is 0 Å². The Labute approximate surface area is 88.2 Å². The lowest BCUT2D eigenvalue weighted by Gasteiger charge is -2.09. The van der Waals surface area contributed by atoms with E-state index in [9.17, 15) is 4.79 Å². The number of benzene rings is 1. The largest absolute Gasteiger partial charge is 0.392 e. The molecule has 2 N–H and O–H groups in total. The molecule has 0 unspecified atom stereocenters. The summed E-state index contributed by atoms with van der Waals surface area (Å²) in [6.45, 7) is 1.75. The molecule has 1 aromatic carbocycles. The minimum Gasteiger partial charge on any atom is -0.392 e. The molecule has 0 fully saturated rings. The summed E-state index contributed by atoms with van der Waals surface area (Å²) in [5, 5.41) is 20.0. The SMILES string of the molecule is Cc1c(CO)cccc1NC(=O)CC#N. The zero-order valence-corrected chi connectivity index (χ0v) is 8.45. The number of nitrogens with zero attached hydrogens (tertiary/aromatic N) is 1. The molecule has 0 saturated heterocycles. The smallest absolute Gasteiger partial charge is 0.238 e. The Morgan fingerprint density at radius 3 is 2.93 bits per heavy atom. The summed E-state index contributed by atoms with van der Waals surface area (Å²) in [5.41, 5.74) is 2.23. The average Bonchev–Trinajstić information content (AvgIpc) is 2.21. The van der Waals surface area contributed by atoms with Gasteiger partial charge in [0.1, 0.15) is 6.42 Å². The Morgan fingerprint density at radius 2 is 2.33 bits per heavy atom. The third-order valence-corrected chi connectivity index (χ3v) is 2.13. The second-order valence-electron chi connectivity index (χ2n) is 3.13. The van der Waals surface area contributed by atoms with Crippen LogP contribution in [0.2, 0.25) is 0 Å². The summed E-state index contributed by atoms with van der Waals surface area (Å²) in [6.07, 6.45) is -0.164. The Hall–Kier alpha value is -1.86. The molecule has 4 nitrogen and oxygen atoms in total. The van der Waals surface area contributed by atoms with E-state index in [4.69, 9.17) is 10.4 Å². The maximum Gasteiger partial charge on any atom is 0.238 e. The molecule has 0 saturated carbocycles. The number of carbonyl (C=O) groups excluding carboxylic acids is 1. The number of aliphatic hydroxyl groups is 1. The monoisotopic (exact) mass is 204 g/mol. The molecule has 1 aromatic rings. The van der Waals surface area contributed by atoms with Crippen LogP contribution in [0.1, 0.15) is 17.5 Å². The topological polar surface area (TPSA) is 73.1 Å². The predicted molar refractivity (Wildman–Crippen MR) is 56.0 cm³/mol. The van der Waals surface area contributed by atoms with Crippen molar-refractivity contribution in [2.75, 3.05) is 5.32 Å². The van der Waals surface area contributed by atoms with Crippen molar-refractivity contribution in [2.24, 2.45) is 0 Å². The molecular weight excluding hydrogens is 192 g/mol. The molecule has 0 radical (unpaired) electrons. The first kappa shape index (κ1) is 11.2. The van der Waals surface area contributed by atoms with Gasteiger partial charge in [0.05, 0.1) is 12.7 Å². The number of nitriles is 1. The Morgan fingerprint density at radius 1 is 1.60 bits per heavy atom. The number of rotatable bonds is 3. The molecule has 78 valence electrons. The van der Waals surface area contributed by atoms with E-state index in [1.807, 2.05) is 6.92 Å². The number of hydrogen-bond acceptors (Lipinski definition) is 3. The summed E-state index contributed by atoms with van der Waals surface area (Å²) in [6, 6.07) is 7.05. The fourth-order valence-corrected chi connectivity index (χ4v) is 1.26. The van der Waals surface area contributed by atoms with E-state index < -0.39 is 0 Å². The molecule has 0 aliphatic heterocycles. The highest BCUT2D eigenvalue weighted by atomic mass is 16.3. The van der Waals surface area contributed by atoms with Gasteiger partial charge in [-0.3, -0.25) is 4.79 Å². The van der Waals surface area contributed by atoms with Gasteiger partial charge in [0.15, 0.2) is 0 Å². The van der Waals surface area contributed by atoms with Gasteiger partial charge in [-0.05, 0) is 24.1 Å². The number of hydrogen-bond donors (Lipinski definition) is 2. The third kappa shape index (κ3) is 2.79. The molecule has 0 aromatic heterocycles. The molecule has 0 aliphatic rings. The highest BCUT2D eigenvalue weighted by Gasteiger charge is 2.06. The van der Waals surface area contributed by atoms with Crippen LogP contribution in [0.4, 0.5) is 5.69 Å². The minimum atomic E-state index is -0.337. The van der Waals surface area contributed by atoms with Gasteiger partial charge < -0.3 is 10.4 Å². The van der Waals surface area contributed by atoms with Crippen LogP contribution in [0.25, 0.3) is 0 Å². The van der Waals surface area contributed by atoms with Crippen molar-refractivity contribution in [2.45, 2.75) is 20.0 Å². The molecule has 15 heavy (non-hydrogen) atoms. The van der Waals surface area contributed by atoms with Gasteiger partial charge in [-0.1, -0.05) is 12.1 Å². The van der Waals surface area contributed by atoms with Crippen molar-refractivity contribution < 1.29 is 9.90 Å². The normalized spacial score (nSPS) is 9.40. The van der Waals surface area contributed by atoms with Crippen molar-refractivity contribution in [3.05, 3.63) is 29.3 Å². The average molecular weight is 204 g/mol. The quantitative estimate of drug-likeness (QED) is 0.780. The molecule has 4 heteroatoms. The molecule has 0 atom stereocenters. The van der Waals surface area contributed by atoms with E-state index in [1.165, 1.54) is 0 Å². The number of carbonyl (C=O) groups is 1. The van der Waals surface area contributed by atoms with Crippen LogP contribution in [-0.2, 0) is 11.4 Å². The van der Waals surface area contributed by atoms with Crippen LogP contribution >= 0.6 is 0 Å². The van der Waals surface area contributed by atoms with E-state index in [-0.39, 0.29) is 18.9 Å². The summed E-state index contributed by atoms with van der Waals surface area (Å²) >= 11 is 0. The fraction of sp³-hybridized carbons (Fsp3) is 0.273. The zero-order chi connectivity index (χ0) is 11.3. The lowest BCUT2D eigenvalue weighted by Crippen LogP contribution is -2.11. The van der Waals surface area contributed by atoms with Crippen molar-refractivity contribution >= 4 is 11.6 Å². The lowest BCUT2D eigenvalue weighted by molar-refractivity contribution is -0.115. The van der Waals surface area contributed by atoms with Crippen LogP contribution in [0, 0.1) is 18.3 Å². The molecule has 1 rings (SSSR count). The van der Waals surface area contributed by atoms with E-state index in [0.717, 1.165) is 11.1 Å². The Balaban J connectivity index is 2.87. The van der Waals surface area contributed by atoms with E-state index in [0.29, 0.717) is 5.69 Å². The van der Waals surface area contributed by atoms with Gasteiger partial charge in [0.25, 0.3) is 0 Å². The molecule has 0 aliphatic carbocycles. The van der Waals surface area contributed by atoms with E-state index in [1.54, 1.807) is 24.3 Å². The highest BCUT2D eigenvalue weighted by Crippen LogP contribution is 2.18. The Kier molecular flexibility index (Phi) is 3.83. The first-order chi connectivity index (χ1) is 7.19. The second kappa shape index (κ2) is 5.13. The Bertz CT molecular complexity index is 408. The minimum absolute atomic E-state index is 0.0617. The lowest BCUT2D eigenvalue weighted by atomic mass is 10.1. The first-order valence-electron chi connectivity index (χ1n) is 4.55. The maximum absolute atomic E-state index is 11.2. The van der Waals surface area contributed by atoms with Crippen LogP contribution in [0.3, 0.4) is 0 Å². The maximum atomic E-state index is 11.2. The second-order valence-corrected chi connectivity index (χ2v) is 3.13. The first-order valence-corrected chi connectivity index (χ1v) is 4.55. The molecule has 0 spiro atoms. The fourth-order valence-electron chi connectivity index (χ4n) is 1.26. The summed E-state index contributed by atoms with van der Waals surface area (Å²) in [4.78, 5) is 11.2. The van der Waals surface area contributed by atoms with Crippen LogP contribution < -0.4 is 5.32 Å². The number of anilines is 1. The van der Waals surface area contributed by atoms with Crippen molar-refractivity contribution in [1.29, 1.82) is 5.26 Å². The summed E-state index contributed by atoms with van der Waals surface area (Å²) < 4.78 is 0. The number of amides is 1. The molecule has 0 heterocycles. The van der Waals surface area contributed by atoms with E-state index in [2.05, 4.69) is 5.32 Å². The van der Waals surface area contributed by atoms with Gasteiger partial charge in [0, 0.05) is 5.69 Å². The standard InChI is InChI=1S/C11H12N2O2/c1-8-9(7-14)3-2-4-10(8)13-11(15)5-6-12/h2-4,14H,5,7H2,1H3,(H,13,15). The molecule has 0 bridgehead atoms. The number of aliphatic hydroxyl groups excluding tert-OH is 1. The van der Waals surface area contributed by atoms with Crippen LogP contribution in [0.15, 0.2) is 18.2 Å². The summed E-state index contributed by atoms with van der Waals surface area (Å²) in [5.74, 6) is -0.337. The van der Waals surface area contributed by atoms with Gasteiger partial charge >= 0.3 is 0 Å². The van der Waals surface area contributed by atoms with Crippen molar-refractivity contribution in [3.8, 4) is 6.07 Å².